The normalized spacial score (nSPS) is 23.8. The number of rotatable bonds is 8. The Bertz CT molecular complexity index is 1910. The first kappa shape index (κ1) is 41.0. The van der Waals surface area contributed by atoms with Crippen LogP contribution in [0.3, 0.4) is 0 Å². The van der Waals surface area contributed by atoms with Crippen LogP contribution in [0.5, 0.6) is 0 Å². The molecule has 12 heteroatoms. The molecule has 0 radical (unpaired) electrons. The standard InChI is InChI=1S/2C20H22Cl2O3S/c2*1-20(23)10-8-14(9-11-20)13-26(24,25)17-5-2-15(3-6-17)18-7-4-16(21)12-19(18)22/h2*2-7,12,14,23H,8-11,13H2,1H3. The first-order valence-electron chi connectivity index (χ1n) is 17.3. The van der Waals surface area contributed by atoms with Gasteiger partial charge in [-0.25, -0.2) is 16.8 Å². The third-order valence-corrected chi connectivity index (χ3v) is 15.1. The molecule has 2 saturated carbocycles. The van der Waals surface area contributed by atoms with Gasteiger partial charge in [-0.15, -0.1) is 0 Å². The van der Waals surface area contributed by atoms with E-state index in [1.54, 1.807) is 72.8 Å². The molecule has 2 aliphatic rings. The third kappa shape index (κ3) is 11.0. The van der Waals surface area contributed by atoms with Crippen LogP contribution in [0.25, 0.3) is 22.3 Å². The number of hydrogen-bond acceptors (Lipinski definition) is 6. The molecule has 2 N–H and O–H groups in total. The topological polar surface area (TPSA) is 109 Å². The fraction of sp³-hybridized carbons (Fsp3) is 0.400. The lowest BCUT2D eigenvalue weighted by atomic mass is 9.81. The van der Waals surface area contributed by atoms with Crippen LogP contribution in [-0.2, 0) is 19.7 Å². The molecule has 2 fully saturated rings. The van der Waals surface area contributed by atoms with Gasteiger partial charge in [0.25, 0.3) is 0 Å². The Morgan fingerprint density at radius 3 is 1.13 bits per heavy atom. The zero-order valence-corrected chi connectivity index (χ0v) is 33.8. The average Bonchev–Trinajstić information content (AvgIpc) is 3.07. The van der Waals surface area contributed by atoms with E-state index in [9.17, 15) is 27.0 Å². The van der Waals surface area contributed by atoms with E-state index in [0.29, 0.717) is 55.6 Å². The van der Waals surface area contributed by atoms with Crippen LogP contribution < -0.4 is 0 Å². The molecule has 0 aromatic heterocycles. The third-order valence-electron chi connectivity index (χ3n) is 10.2. The van der Waals surface area contributed by atoms with Crippen LogP contribution in [-0.4, -0.2) is 49.8 Å². The number of aliphatic hydroxyl groups is 2. The molecule has 0 saturated heterocycles. The average molecular weight is 827 g/mol. The minimum Gasteiger partial charge on any atom is -0.390 e. The van der Waals surface area contributed by atoms with Gasteiger partial charge in [0.1, 0.15) is 0 Å². The summed E-state index contributed by atoms with van der Waals surface area (Å²) in [5.74, 6) is 0.463. The van der Waals surface area contributed by atoms with Gasteiger partial charge in [-0.05, 0) is 137 Å². The van der Waals surface area contributed by atoms with Crippen LogP contribution >= 0.6 is 46.4 Å². The molecule has 0 heterocycles. The molecule has 280 valence electrons. The Morgan fingerprint density at radius 2 is 0.846 bits per heavy atom. The molecular formula is C40H44Cl4O6S2. The van der Waals surface area contributed by atoms with Gasteiger partial charge in [0.2, 0.25) is 0 Å². The summed E-state index contributed by atoms with van der Waals surface area (Å²) in [6.45, 7) is 3.64. The van der Waals surface area contributed by atoms with E-state index in [4.69, 9.17) is 46.4 Å². The van der Waals surface area contributed by atoms with E-state index in [1.807, 2.05) is 26.0 Å². The van der Waals surface area contributed by atoms with Gasteiger partial charge in [0.05, 0.1) is 32.5 Å². The Morgan fingerprint density at radius 1 is 0.538 bits per heavy atom. The first-order valence-corrected chi connectivity index (χ1v) is 22.2. The van der Waals surface area contributed by atoms with Crippen LogP contribution in [0.2, 0.25) is 20.1 Å². The van der Waals surface area contributed by atoms with Gasteiger partial charge < -0.3 is 10.2 Å². The summed E-state index contributed by atoms with van der Waals surface area (Å²) in [5, 5.41) is 22.2. The summed E-state index contributed by atoms with van der Waals surface area (Å²) in [6, 6.07) is 24.1. The molecule has 0 bridgehead atoms. The number of benzene rings is 4. The van der Waals surface area contributed by atoms with E-state index in [1.165, 1.54) is 0 Å². The van der Waals surface area contributed by atoms with Gasteiger partial charge in [-0.2, -0.15) is 0 Å². The minimum atomic E-state index is -3.35. The lowest BCUT2D eigenvalue weighted by molar-refractivity contribution is 0.0104. The highest BCUT2D eigenvalue weighted by Gasteiger charge is 2.33. The van der Waals surface area contributed by atoms with Gasteiger partial charge in [-0.1, -0.05) is 82.8 Å². The number of halogens is 4. The molecule has 2 aliphatic carbocycles. The maximum atomic E-state index is 12.7. The van der Waals surface area contributed by atoms with Crippen molar-refractivity contribution in [3.8, 4) is 22.3 Å². The predicted octanol–water partition coefficient (Wildman–Crippen LogP) is 10.8. The van der Waals surface area contributed by atoms with E-state index in [0.717, 1.165) is 47.9 Å². The van der Waals surface area contributed by atoms with Crippen LogP contribution in [0, 0.1) is 11.8 Å². The monoisotopic (exact) mass is 824 g/mol. The quantitative estimate of drug-likeness (QED) is 0.183. The van der Waals surface area contributed by atoms with E-state index in [-0.39, 0.29) is 23.3 Å². The minimum absolute atomic E-state index is 0.102. The van der Waals surface area contributed by atoms with Crippen molar-refractivity contribution in [1.82, 2.24) is 0 Å². The van der Waals surface area contributed by atoms with Crippen molar-refractivity contribution in [2.24, 2.45) is 11.8 Å². The highest BCUT2D eigenvalue weighted by atomic mass is 35.5. The second-order valence-corrected chi connectivity index (χ2v) is 20.5. The van der Waals surface area contributed by atoms with Crippen molar-refractivity contribution >= 4 is 66.1 Å². The summed E-state index contributed by atoms with van der Waals surface area (Å²) in [7, 11) is -6.70. The van der Waals surface area contributed by atoms with Crippen LogP contribution in [0.1, 0.15) is 65.2 Å². The second-order valence-electron chi connectivity index (χ2n) is 14.7. The maximum absolute atomic E-state index is 12.7. The molecule has 0 amide bonds. The second kappa shape index (κ2) is 16.7. The predicted molar refractivity (Wildman–Crippen MR) is 213 cm³/mol. The zero-order valence-electron chi connectivity index (χ0n) is 29.2. The fourth-order valence-electron chi connectivity index (χ4n) is 6.88. The van der Waals surface area contributed by atoms with Crippen LogP contribution in [0.4, 0.5) is 0 Å². The summed E-state index contributed by atoms with van der Waals surface area (Å²) in [4.78, 5) is 0.646. The molecule has 0 atom stereocenters. The summed E-state index contributed by atoms with van der Waals surface area (Å²) >= 11 is 24.3. The highest BCUT2D eigenvalue weighted by molar-refractivity contribution is 7.91. The van der Waals surface area contributed by atoms with E-state index >= 15 is 0 Å². The summed E-state index contributed by atoms with van der Waals surface area (Å²) in [6.07, 6.45) is 5.58. The highest BCUT2D eigenvalue weighted by Crippen LogP contribution is 2.36. The smallest absolute Gasteiger partial charge is 0.178 e. The maximum Gasteiger partial charge on any atom is 0.178 e. The van der Waals surface area contributed by atoms with Crippen molar-refractivity contribution in [2.75, 3.05) is 11.5 Å². The van der Waals surface area contributed by atoms with Gasteiger partial charge in [0, 0.05) is 31.2 Å². The lowest BCUT2D eigenvalue weighted by Gasteiger charge is -2.32. The Kier molecular flexibility index (Phi) is 13.2. The first-order chi connectivity index (χ1) is 24.3. The van der Waals surface area contributed by atoms with Crippen molar-refractivity contribution in [2.45, 2.75) is 86.2 Å². The van der Waals surface area contributed by atoms with Gasteiger partial charge in [0.15, 0.2) is 19.7 Å². The Balaban J connectivity index is 0.000000201. The lowest BCUT2D eigenvalue weighted by Crippen LogP contribution is -2.32. The SMILES string of the molecule is CC1(O)CCC(CS(=O)(=O)c2ccc(-c3ccc(Cl)cc3Cl)cc2)CC1.CC1(O)CCC(CS(=O)(=O)c2ccc(-c3ccc(Cl)cc3Cl)cc2)CC1. The molecule has 4 aromatic rings. The van der Waals surface area contributed by atoms with Crippen LogP contribution in [0.15, 0.2) is 94.7 Å². The molecule has 4 aromatic carbocycles. The molecule has 0 aliphatic heterocycles. The van der Waals surface area contributed by atoms with E-state index < -0.39 is 30.9 Å². The largest absolute Gasteiger partial charge is 0.390 e. The van der Waals surface area contributed by atoms with E-state index in [2.05, 4.69) is 0 Å². The molecule has 0 unspecified atom stereocenters. The zero-order chi connectivity index (χ0) is 37.9. The number of hydrogen-bond donors (Lipinski definition) is 2. The van der Waals surface area contributed by atoms with Gasteiger partial charge >= 0.3 is 0 Å². The van der Waals surface area contributed by atoms with Crippen molar-refractivity contribution in [3.05, 3.63) is 105 Å². The van der Waals surface area contributed by atoms with Gasteiger partial charge in [-0.3, -0.25) is 0 Å². The molecule has 6 rings (SSSR count). The Hall–Kier alpha value is -2.14. The van der Waals surface area contributed by atoms with Crippen molar-refractivity contribution in [1.29, 1.82) is 0 Å². The summed E-state index contributed by atoms with van der Waals surface area (Å²) in [5.41, 5.74) is 2.02. The Labute approximate surface area is 327 Å². The van der Waals surface area contributed by atoms with Crippen molar-refractivity contribution in [3.63, 3.8) is 0 Å². The number of sulfone groups is 2. The molecule has 0 spiro atoms. The molecule has 52 heavy (non-hydrogen) atoms. The fourth-order valence-corrected chi connectivity index (χ4v) is 11.3. The molecular weight excluding hydrogens is 782 g/mol. The summed E-state index contributed by atoms with van der Waals surface area (Å²) < 4.78 is 50.9. The van der Waals surface area contributed by atoms with Crippen molar-refractivity contribution < 1.29 is 27.0 Å². The molecule has 6 nitrogen and oxygen atoms in total.